The number of aromatic nitrogens is 2. The molecule has 0 spiro atoms. The number of halogens is 2. The van der Waals surface area contributed by atoms with Crippen LogP contribution in [0.25, 0.3) is 0 Å². The van der Waals surface area contributed by atoms with Gasteiger partial charge >= 0.3 is 0 Å². The van der Waals surface area contributed by atoms with Gasteiger partial charge in [0.15, 0.2) is 0 Å². The molecule has 1 aliphatic heterocycles. The number of nitrogens with one attached hydrogen (secondary N) is 1. The molecule has 3 rings (SSSR count). The first-order valence-corrected chi connectivity index (χ1v) is 9.13. The third-order valence-electron chi connectivity index (χ3n) is 5.06. The average molecular weight is 397 g/mol. The fraction of sp³-hybridized carbons (Fsp3) is 0.474. The summed E-state index contributed by atoms with van der Waals surface area (Å²) in [5.41, 5.74) is 3.42. The Labute approximate surface area is 166 Å². The number of amides is 1. The van der Waals surface area contributed by atoms with Crippen molar-refractivity contribution in [2.75, 3.05) is 20.1 Å². The first-order valence-electron chi connectivity index (χ1n) is 8.75. The smallest absolute Gasteiger partial charge is 0.257 e. The second-order valence-electron chi connectivity index (χ2n) is 6.65. The molecule has 1 fully saturated rings. The first kappa shape index (κ1) is 20.7. The van der Waals surface area contributed by atoms with Gasteiger partial charge in [0.05, 0.1) is 17.8 Å². The molecule has 142 valence electrons. The normalized spacial score (nSPS) is 15.0. The van der Waals surface area contributed by atoms with E-state index < -0.39 is 0 Å². The predicted octanol–water partition coefficient (Wildman–Crippen LogP) is 3.45. The second-order valence-corrected chi connectivity index (χ2v) is 7.06. The summed E-state index contributed by atoms with van der Waals surface area (Å²) in [5.74, 6) is 0.0926. The lowest BCUT2D eigenvalue weighted by Gasteiger charge is -2.31. The summed E-state index contributed by atoms with van der Waals surface area (Å²) < 4.78 is 1.88. The minimum absolute atomic E-state index is 0. The number of likely N-dealkylation sites (tertiary alicyclic amines) is 1. The standard InChI is InChI=1S/C19H25ClN4O.ClH/c1-13-18(19(25)23-10-8-16(21-3)9-11-23)14(2)24(22-13)12-15-6-4-5-7-17(15)20;/h4-7,16,21H,8-12H2,1-3H3;1H. The Kier molecular flexibility index (Phi) is 7.09. The van der Waals surface area contributed by atoms with Crippen molar-refractivity contribution >= 4 is 29.9 Å². The number of piperidine rings is 1. The number of hydrogen-bond donors (Lipinski definition) is 1. The summed E-state index contributed by atoms with van der Waals surface area (Å²) >= 11 is 6.26. The van der Waals surface area contributed by atoms with Gasteiger partial charge in [-0.3, -0.25) is 9.48 Å². The Balaban J connectivity index is 0.00000243. The van der Waals surface area contributed by atoms with Crippen LogP contribution in [0.3, 0.4) is 0 Å². The SMILES string of the molecule is CNC1CCN(C(=O)c2c(C)nn(Cc3ccccc3Cl)c2C)CC1.Cl. The van der Waals surface area contributed by atoms with Crippen LogP contribution in [0.4, 0.5) is 0 Å². The van der Waals surface area contributed by atoms with E-state index in [2.05, 4.69) is 10.4 Å². The summed E-state index contributed by atoms with van der Waals surface area (Å²) in [6.07, 6.45) is 1.99. The average Bonchev–Trinajstić information content (AvgIpc) is 2.90. The Bertz CT molecular complexity index is 767. The molecule has 1 aromatic carbocycles. The molecule has 0 aliphatic carbocycles. The molecule has 0 atom stereocenters. The van der Waals surface area contributed by atoms with Crippen LogP contribution >= 0.6 is 24.0 Å². The maximum atomic E-state index is 13.0. The molecule has 1 N–H and O–H groups in total. The van der Waals surface area contributed by atoms with E-state index in [0.717, 1.165) is 53.5 Å². The van der Waals surface area contributed by atoms with E-state index >= 15 is 0 Å². The fourth-order valence-corrected chi connectivity index (χ4v) is 3.67. The number of nitrogens with zero attached hydrogens (tertiary/aromatic N) is 3. The number of benzene rings is 1. The summed E-state index contributed by atoms with van der Waals surface area (Å²) in [4.78, 5) is 14.9. The van der Waals surface area contributed by atoms with E-state index in [1.165, 1.54) is 0 Å². The quantitative estimate of drug-likeness (QED) is 0.860. The van der Waals surface area contributed by atoms with Crippen molar-refractivity contribution in [3.63, 3.8) is 0 Å². The topological polar surface area (TPSA) is 50.2 Å². The monoisotopic (exact) mass is 396 g/mol. The highest BCUT2D eigenvalue weighted by atomic mass is 35.5. The molecule has 1 amide bonds. The Morgan fingerprint density at radius 3 is 2.54 bits per heavy atom. The first-order chi connectivity index (χ1) is 12.0. The van der Waals surface area contributed by atoms with Crippen LogP contribution in [-0.2, 0) is 6.54 Å². The molecule has 1 aromatic heterocycles. The molecule has 5 nitrogen and oxygen atoms in total. The van der Waals surface area contributed by atoms with Crippen LogP contribution in [0.15, 0.2) is 24.3 Å². The zero-order chi connectivity index (χ0) is 18.0. The van der Waals surface area contributed by atoms with Gasteiger partial charge in [-0.2, -0.15) is 5.10 Å². The molecule has 7 heteroatoms. The van der Waals surface area contributed by atoms with E-state index in [0.29, 0.717) is 12.6 Å². The predicted molar refractivity (Wildman–Crippen MR) is 107 cm³/mol. The minimum Gasteiger partial charge on any atom is -0.338 e. The molecular formula is C19H26Cl2N4O. The van der Waals surface area contributed by atoms with Gasteiger partial charge in [0.2, 0.25) is 0 Å². The van der Waals surface area contributed by atoms with Crippen molar-refractivity contribution in [2.24, 2.45) is 0 Å². The van der Waals surface area contributed by atoms with Crippen LogP contribution in [0.5, 0.6) is 0 Å². The van der Waals surface area contributed by atoms with Gasteiger partial charge in [-0.15, -0.1) is 12.4 Å². The molecule has 2 heterocycles. The lowest BCUT2D eigenvalue weighted by molar-refractivity contribution is 0.0705. The highest BCUT2D eigenvalue weighted by molar-refractivity contribution is 6.31. The number of carbonyl (C=O) groups excluding carboxylic acids is 1. The van der Waals surface area contributed by atoms with Crippen LogP contribution in [-0.4, -0.2) is 46.8 Å². The van der Waals surface area contributed by atoms with Crippen molar-refractivity contribution in [1.29, 1.82) is 0 Å². The largest absolute Gasteiger partial charge is 0.338 e. The molecule has 2 aromatic rings. The summed E-state index contributed by atoms with van der Waals surface area (Å²) in [6.45, 7) is 6.02. The van der Waals surface area contributed by atoms with Crippen LogP contribution in [0, 0.1) is 13.8 Å². The van der Waals surface area contributed by atoms with Crippen molar-refractivity contribution in [2.45, 2.75) is 39.3 Å². The zero-order valence-corrected chi connectivity index (χ0v) is 17.0. The zero-order valence-electron chi connectivity index (χ0n) is 15.5. The molecule has 1 saturated heterocycles. The van der Waals surface area contributed by atoms with Crippen molar-refractivity contribution in [3.8, 4) is 0 Å². The molecule has 0 unspecified atom stereocenters. The Morgan fingerprint density at radius 2 is 1.92 bits per heavy atom. The van der Waals surface area contributed by atoms with E-state index in [4.69, 9.17) is 11.6 Å². The van der Waals surface area contributed by atoms with Crippen molar-refractivity contribution in [1.82, 2.24) is 20.0 Å². The fourth-order valence-electron chi connectivity index (χ4n) is 3.48. The van der Waals surface area contributed by atoms with E-state index in [1.807, 2.05) is 54.7 Å². The molecule has 26 heavy (non-hydrogen) atoms. The number of aryl methyl sites for hydroxylation is 1. The molecule has 0 bridgehead atoms. The lowest BCUT2D eigenvalue weighted by atomic mass is 10.0. The number of carbonyl (C=O) groups is 1. The van der Waals surface area contributed by atoms with Gasteiger partial charge in [-0.25, -0.2) is 0 Å². The Morgan fingerprint density at radius 1 is 1.27 bits per heavy atom. The molecule has 0 saturated carbocycles. The molecular weight excluding hydrogens is 371 g/mol. The third-order valence-corrected chi connectivity index (χ3v) is 5.43. The minimum atomic E-state index is 0. The van der Waals surface area contributed by atoms with Crippen molar-refractivity contribution < 1.29 is 4.79 Å². The van der Waals surface area contributed by atoms with Crippen LogP contribution < -0.4 is 5.32 Å². The van der Waals surface area contributed by atoms with E-state index in [9.17, 15) is 4.79 Å². The summed E-state index contributed by atoms with van der Waals surface area (Å²) in [7, 11) is 1.98. The lowest BCUT2D eigenvalue weighted by Crippen LogP contribution is -2.44. The van der Waals surface area contributed by atoms with Gasteiger partial charge in [0, 0.05) is 29.8 Å². The van der Waals surface area contributed by atoms with E-state index in [-0.39, 0.29) is 18.3 Å². The van der Waals surface area contributed by atoms with Gasteiger partial charge in [-0.05, 0) is 45.4 Å². The van der Waals surface area contributed by atoms with Crippen molar-refractivity contribution in [3.05, 3.63) is 51.8 Å². The molecule has 1 aliphatic rings. The van der Waals surface area contributed by atoms with Gasteiger partial charge in [0.1, 0.15) is 0 Å². The van der Waals surface area contributed by atoms with Gasteiger partial charge < -0.3 is 10.2 Å². The highest BCUT2D eigenvalue weighted by Crippen LogP contribution is 2.22. The summed E-state index contributed by atoms with van der Waals surface area (Å²) in [6, 6.07) is 8.25. The highest BCUT2D eigenvalue weighted by Gasteiger charge is 2.27. The van der Waals surface area contributed by atoms with Crippen LogP contribution in [0.1, 0.15) is 40.2 Å². The number of rotatable bonds is 4. The second kappa shape index (κ2) is 8.89. The van der Waals surface area contributed by atoms with E-state index in [1.54, 1.807) is 0 Å². The Hall–Kier alpha value is -1.56. The van der Waals surface area contributed by atoms with Gasteiger partial charge in [0.25, 0.3) is 5.91 Å². The van der Waals surface area contributed by atoms with Crippen LogP contribution in [0.2, 0.25) is 5.02 Å². The third kappa shape index (κ3) is 4.22. The molecule has 0 radical (unpaired) electrons. The van der Waals surface area contributed by atoms with Gasteiger partial charge in [-0.1, -0.05) is 29.8 Å². The summed E-state index contributed by atoms with van der Waals surface area (Å²) in [5, 5.41) is 8.61. The number of hydrogen-bond acceptors (Lipinski definition) is 3. The maximum absolute atomic E-state index is 13.0. The maximum Gasteiger partial charge on any atom is 0.257 e.